The average molecular weight is 377 g/mol. The molecule has 1 saturated heterocycles. The van der Waals surface area contributed by atoms with Crippen LogP contribution in [-0.2, 0) is 4.74 Å². The molecule has 1 amide bonds. The van der Waals surface area contributed by atoms with Gasteiger partial charge in [-0.1, -0.05) is 23.5 Å². The van der Waals surface area contributed by atoms with Crippen LogP contribution in [0.15, 0.2) is 24.3 Å². The number of ether oxygens (including phenoxy) is 2. The Kier molecular flexibility index (Phi) is 6.01. The third kappa shape index (κ3) is 5.34. The minimum Gasteiger partial charge on any atom is -0.470 e. The summed E-state index contributed by atoms with van der Waals surface area (Å²) >= 11 is 1.59. The summed E-state index contributed by atoms with van der Waals surface area (Å²) in [6.45, 7) is 7.98. The maximum absolute atomic E-state index is 12.2. The number of rotatable bonds is 5. The number of benzene rings is 1. The smallest absolute Gasteiger partial charge is 0.410 e. The molecule has 0 N–H and O–H groups in total. The van der Waals surface area contributed by atoms with Crippen LogP contribution < -0.4 is 4.74 Å². The quantitative estimate of drug-likeness (QED) is 0.681. The van der Waals surface area contributed by atoms with E-state index in [0.717, 1.165) is 47.8 Å². The zero-order chi connectivity index (χ0) is 18.6. The number of hydrogen-bond acceptors (Lipinski definition) is 5. The van der Waals surface area contributed by atoms with Gasteiger partial charge < -0.3 is 14.4 Å². The number of nitrogens with zero attached hydrogens (tertiary/aromatic N) is 2. The summed E-state index contributed by atoms with van der Waals surface area (Å²) in [5, 5.41) is 0.741. The van der Waals surface area contributed by atoms with Crippen molar-refractivity contribution < 1.29 is 14.3 Å². The number of para-hydroxylation sites is 1. The zero-order valence-corrected chi connectivity index (χ0v) is 16.7. The Morgan fingerprint density at radius 3 is 2.92 bits per heavy atom. The normalized spacial score (nSPS) is 18.1. The molecule has 1 aromatic heterocycles. The summed E-state index contributed by atoms with van der Waals surface area (Å²) < 4.78 is 12.5. The largest absolute Gasteiger partial charge is 0.470 e. The van der Waals surface area contributed by atoms with Crippen molar-refractivity contribution in [3.05, 3.63) is 24.3 Å². The Morgan fingerprint density at radius 2 is 2.15 bits per heavy atom. The molecule has 1 fully saturated rings. The van der Waals surface area contributed by atoms with E-state index in [1.807, 2.05) is 43.9 Å². The van der Waals surface area contributed by atoms with E-state index in [1.54, 1.807) is 11.3 Å². The number of amides is 1. The Balaban J connectivity index is 1.41. The molecule has 2 heterocycles. The second kappa shape index (κ2) is 8.25. The summed E-state index contributed by atoms with van der Waals surface area (Å²) in [6.07, 6.45) is 4.06. The zero-order valence-electron chi connectivity index (χ0n) is 15.9. The van der Waals surface area contributed by atoms with E-state index in [-0.39, 0.29) is 6.09 Å². The number of aromatic nitrogens is 1. The van der Waals surface area contributed by atoms with E-state index in [0.29, 0.717) is 12.5 Å². The van der Waals surface area contributed by atoms with Crippen molar-refractivity contribution in [2.24, 2.45) is 5.92 Å². The number of carbonyl (C=O) groups is 1. The molecule has 0 spiro atoms. The molecule has 5 nitrogen and oxygen atoms in total. The van der Waals surface area contributed by atoms with E-state index >= 15 is 0 Å². The van der Waals surface area contributed by atoms with E-state index in [4.69, 9.17) is 9.47 Å². The van der Waals surface area contributed by atoms with Crippen LogP contribution in [0.4, 0.5) is 4.79 Å². The number of piperidine rings is 1. The molecule has 0 radical (unpaired) electrons. The Morgan fingerprint density at radius 1 is 1.35 bits per heavy atom. The maximum atomic E-state index is 12.2. The molecule has 1 aliphatic rings. The van der Waals surface area contributed by atoms with Gasteiger partial charge in [0.25, 0.3) is 5.19 Å². The topological polar surface area (TPSA) is 51.7 Å². The first-order valence-corrected chi connectivity index (χ1v) is 10.2. The molecule has 142 valence electrons. The Bertz CT molecular complexity index is 705. The summed E-state index contributed by atoms with van der Waals surface area (Å²) in [6, 6.07) is 8.08. The molecular formula is C20H28N2O3S. The minimum atomic E-state index is -0.435. The van der Waals surface area contributed by atoms with Gasteiger partial charge in [0, 0.05) is 13.1 Å². The van der Waals surface area contributed by atoms with Crippen LogP contribution in [0.3, 0.4) is 0 Å². The fourth-order valence-corrected chi connectivity index (χ4v) is 4.08. The van der Waals surface area contributed by atoms with Crippen molar-refractivity contribution in [3.8, 4) is 5.19 Å². The number of carbonyl (C=O) groups excluding carboxylic acids is 1. The fraction of sp³-hybridized carbons (Fsp3) is 0.600. The van der Waals surface area contributed by atoms with E-state index < -0.39 is 5.60 Å². The third-order valence-electron chi connectivity index (χ3n) is 4.43. The lowest BCUT2D eigenvalue weighted by atomic mass is 9.94. The molecule has 6 heteroatoms. The van der Waals surface area contributed by atoms with Crippen molar-refractivity contribution in [3.63, 3.8) is 0 Å². The highest BCUT2D eigenvalue weighted by Crippen LogP contribution is 2.28. The van der Waals surface area contributed by atoms with Gasteiger partial charge >= 0.3 is 6.09 Å². The van der Waals surface area contributed by atoms with Gasteiger partial charge in [0.2, 0.25) is 0 Å². The molecule has 0 unspecified atom stereocenters. The summed E-state index contributed by atoms with van der Waals surface area (Å²) in [4.78, 5) is 18.6. The van der Waals surface area contributed by atoms with E-state index in [1.165, 1.54) is 6.42 Å². The predicted molar refractivity (Wildman–Crippen MR) is 105 cm³/mol. The lowest BCUT2D eigenvalue weighted by molar-refractivity contribution is 0.0159. The summed E-state index contributed by atoms with van der Waals surface area (Å²) in [5.41, 5.74) is 0.558. The fourth-order valence-electron chi connectivity index (χ4n) is 3.24. The van der Waals surface area contributed by atoms with Crippen molar-refractivity contribution in [1.29, 1.82) is 0 Å². The minimum absolute atomic E-state index is 0.187. The number of thiazole rings is 1. The van der Waals surface area contributed by atoms with E-state index in [9.17, 15) is 4.79 Å². The third-order valence-corrected chi connectivity index (χ3v) is 5.38. The molecule has 3 rings (SSSR count). The van der Waals surface area contributed by atoms with Gasteiger partial charge in [0.1, 0.15) is 5.60 Å². The molecule has 26 heavy (non-hydrogen) atoms. The van der Waals surface area contributed by atoms with Crippen molar-refractivity contribution >= 4 is 27.6 Å². The molecule has 0 bridgehead atoms. The monoisotopic (exact) mass is 376 g/mol. The van der Waals surface area contributed by atoms with Gasteiger partial charge in [-0.05, 0) is 64.5 Å². The molecule has 1 atom stereocenters. The lowest BCUT2D eigenvalue weighted by Crippen LogP contribution is -2.42. The van der Waals surface area contributed by atoms with Crippen LogP contribution in [-0.4, -0.2) is 41.3 Å². The molecule has 1 aliphatic heterocycles. The van der Waals surface area contributed by atoms with Crippen molar-refractivity contribution in [2.75, 3.05) is 19.7 Å². The van der Waals surface area contributed by atoms with Gasteiger partial charge in [-0.3, -0.25) is 0 Å². The predicted octanol–water partition coefficient (Wildman–Crippen LogP) is 5.10. The van der Waals surface area contributed by atoms with Gasteiger partial charge in [0.15, 0.2) is 0 Å². The number of fused-ring (bicyclic) bond motifs is 1. The molecular weight excluding hydrogens is 348 g/mol. The van der Waals surface area contributed by atoms with Crippen LogP contribution in [0.25, 0.3) is 10.2 Å². The molecule has 2 aromatic rings. The van der Waals surface area contributed by atoms with Gasteiger partial charge in [-0.2, -0.15) is 0 Å². The van der Waals surface area contributed by atoms with Gasteiger partial charge in [-0.25, -0.2) is 9.78 Å². The second-order valence-corrected chi connectivity index (χ2v) is 8.87. The summed E-state index contributed by atoms with van der Waals surface area (Å²) in [5.74, 6) is 0.523. The lowest BCUT2D eigenvalue weighted by Gasteiger charge is -2.34. The van der Waals surface area contributed by atoms with E-state index in [2.05, 4.69) is 11.1 Å². The van der Waals surface area contributed by atoms with Crippen LogP contribution >= 0.6 is 11.3 Å². The van der Waals surface area contributed by atoms with Crippen molar-refractivity contribution in [2.45, 2.75) is 52.1 Å². The maximum Gasteiger partial charge on any atom is 0.410 e. The highest BCUT2D eigenvalue weighted by atomic mass is 32.1. The Labute approximate surface area is 159 Å². The molecule has 1 aromatic carbocycles. The first-order valence-electron chi connectivity index (χ1n) is 9.37. The van der Waals surface area contributed by atoms with Crippen LogP contribution in [0.2, 0.25) is 0 Å². The molecule has 0 aliphatic carbocycles. The number of hydrogen-bond donors (Lipinski definition) is 0. The first-order chi connectivity index (χ1) is 12.4. The standard InChI is InChI=1S/C20H28N2O3S/c1-20(2,3)25-19(23)22-12-6-8-15(14-22)9-7-13-24-18-21-16-10-4-5-11-17(16)26-18/h4-5,10-11,15H,6-9,12-14H2,1-3H3/t15-/m1/s1. The van der Waals surface area contributed by atoms with Crippen LogP contribution in [0.1, 0.15) is 46.5 Å². The van der Waals surface area contributed by atoms with Crippen LogP contribution in [0.5, 0.6) is 5.19 Å². The van der Waals surface area contributed by atoms with Gasteiger partial charge in [0.05, 0.1) is 16.8 Å². The highest BCUT2D eigenvalue weighted by molar-refractivity contribution is 7.20. The highest BCUT2D eigenvalue weighted by Gasteiger charge is 2.27. The summed E-state index contributed by atoms with van der Waals surface area (Å²) in [7, 11) is 0. The average Bonchev–Trinajstić information content (AvgIpc) is 3.00. The Hall–Kier alpha value is -1.82. The van der Waals surface area contributed by atoms with Gasteiger partial charge in [-0.15, -0.1) is 0 Å². The number of likely N-dealkylation sites (tertiary alicyclic amines) is 1. The van der Waals surface area contributed by atoms with Crippen molar-refractivity contribution in [1.82, 2.24) is 9.88 Å². The first kappa shape index (κ1) is 19.0. The second-order valence-electron chi connectivity index (χ2n) is 7.87. The SMILES string of the molecule is CC(C)(C)OC(=O)N1CCC[C@H](CCCOc2nc3ccccc3s2)C1. The van der Waals surface area contributed by atoms with Crippen LogP contribution in [0, 0.1) is 5.92 Å². The molecule has 0 saturated carbocycles.